The number of H-pyrrole nitrogens is 1. The number of nitrogens with one attached hydrogen (secondary N) is 3. The van der Waals surface area contributed by atoms with Crippen LogP contribution in [0.1, 0.15) is 31.7 Å². The molecular weight excluding hydrogens is 737 g/mol. The summed E-state index contributed by atoms with van der Waals surface area (Å²) in [4.78, 5) is 53.3. The minimum atomic E-state index is -0.683. The lowest BCUT2D eigenvalue weighted by Gasteiger charge is -2.40. The van der Waals surface area contributed by atoms with Gasteiger partial charge in [-0.25, -0.2) is 9.78 Å². The third kappa shape index (κ3) is 6.58. The molecule has 0 spiro atoms. The number of anilines is 5. The fraction of sp³-hybridized carbons (Fsp3) is 0.333. The summed E-state index contributed by atoms with van der Waals surface area (Å²) < 4.78 is 9.55. The van der Waals surface area contributed by atoms with Crippen molar-refractivity contribution in [3.8, 4) is 11.3 Å². The number of rotatable bonds is 8. The molecule has 0 radical (unpaired) electrons. The lowest BCUT2D eigenvalue weighted by Crippen LogP contribution is -2.49. The van der Waals surface area contributed by atoms with Crippen molar-refractivity contribution in [3.05, 3.63) is 83.5 Å². The van der Waals surface area contributed by atoms with Crippen molar-refractivity contribution in [1.82, 2.24) is 39.5 Å². The molecule has 7 heterocycles. The second kappa shape index (κ2) is 14.4. The summed E-state index contributed by atoms with van der Waals surface area (Å²) in [6.45, 7) is 6.95. The van der Waals surface area contributed by atoms with Crippen LogP contribution in [0, 0.1) is 5.92 Å². The Hall–Kier alpha value is -6.68. The van der Waals surface area contributed by atoms with Gasteiger partial charge in [0.2, 0.25) is 17.8 Å². The Balaban J connectivity index is 0.762. The number of piperazine rings is 1. The van der Waals surface area contributed by atoms with E-state index in [0.29, 0.717) is 23.7 Å². The molecule has 3 aliphatic rings. The van der Waals surface area contributed by atoms with Crippen LogP contribution >= 0.6 is 0 Å². The summed E-state index contributed by atoms with van der Waals surface area (Å²) in [7, 11) is 1.74. The predicted octanol–water partition coefficient (Wildman–Crippen LogP) is 4.76. The van der Waals surface area contributed by atoms with Crippen LogP contribution in [0.3, 0.4) is 0 Å². The molecule has 0 bridgehead atoms. The number of hydrogen-bond donors (Lipinski definition) is 4. The summed E-state index contributed by atoms with van der Waals surface area (Å²) >= 11 is 0. The van der Waals surface area contributed by atoms with Crippen LogP contribution < -0.4 is 31.9 Å². The minimum absolute atomic E-state index is 0.201. The Kier molecular flexibility index (Phi) is 8.84. The number of amides is 2. The zero-order valence-corrected chi connectivity index (χ0v) is 32.1. The van der Waals surface area contributed by atoms with E-state index in [4.69, 9.17) is 10.2 Å². The van der Waals surface area contributed by atoms with Crippen LogP contribution in [0.15, 0.2) is 82.3 Å². The molecule has 296 valence electrons. The third-order valence-electron chi connectivity index (χ3n) is 12.1. The first-order chi connectivity index (χ1) is 28.2. The van der Waals surface area contributed by atoms with Gasteiger partial charge in [-0.2, -0.15) is 10.1 Å². The fourth-order valence-electron chi connectivity index (χ4n) is 8.98. The molecule has 16 nitrogen and oxygen atoms in total. The zero-order chi connectivity index (χ0) is 39.5. The number of imide groups is 1. The highest BCUT2D eigenvalue weighted by Gasteiger charge is 2.32. The predicted molar refractivity (Wildman–Crippen MR) is 223 cm³/mol. The first kappa shape index (κ1) is 35.7. The number of nitrogens with two attached hydrogens (primary N) is 1. The summed E-state index contributed by atoms with van der Waals surface area (Å²) in [5, 5.41) is 15.1. The van der Waals surface area contributed by atoms with Gasteiger partial charge in [0.1, 0.15) is 23.2 Å². The van der Waals surface area contributed by atoms with Gasteiger partial charge in [-0.05, 0) is 85.8 Å². The summed E-state index contributed by atoms with van der Waals surface area (Å²) in [5.41, 5.74) is 12.8. The lowest BCUT2D eigenvalue weighted by atomic mass is 9.95. The van der Waals surface area contributed by atoms with Gasteiger partial charge in [0.05, 0.1) is 22.7 Å². The van der Waals surface area contributed by atoms with Gasteiger partial charge < -0.3 is 25.3 Å². The molecule has 16 heteroatoms. The van der Waals surface area contributed by atoms with E-state index in [1.807, 2.05) is 18.2 Å². The standard InChI is InChI=1S/C42H44N12O4/c1-50-34-22-30(2-4-32(34)54(42(50)57)33-5-7-38(55)48-40(33)56)52-12-9-25(10-13-52)24-51-14-16-53(17-15-51)29-3-6-35-26(19-29)20-36(58-35)31-21-28(18-27-23-45-49-39(27)31)46-37-8-11-44-41(43)47-37/h2-4,6,8,11,18-23,25,33H,5,7,9-10,12-17,24H2,1H3,(H,45,49)(H,48,55,56)(H3,43,44,46,47). The Morgan fingerprint density at radius 1 is 0.862 bits per heavy atom. The molecule has 3 saturated heterocycles. The molecule has 0 aliphatic carbocycles. The van der Waals surface area contributed by atoms with E-state index in [2.05, 4.69) is 81.9 Å². The van der Waals surface area contributed by atoms with Gasteiger partial charge in [0, 0.05) is 98.9 Å². The number of furan rings is 1. The highest BCUT2D eigenvalue weighted by molar-refractivity contribution is 6.00. The Morgan fingerprint density at radius 3 is 2.47 bits per heavy atom. The van der Waals surface area contributed by atoms with Crippen molar-refractivity contribution < 1.29 is 14.0 Å². The number of aromatic nitrogens is 6. The number of nitrogen functional groups attached to an aromatic ring is 1. The maximum absolute atomic E-state index is 13.3. The van der Waals surface area contributed by atoms with E-state index in [-0.39, 0.29) is 24.0 Å². The van der Waals surface area contributed by atoms with Crippen LogP contribution in [0.25, 0.3) is 44.2 Å². The summed E-state index contributed by atoms with van der Waals surface area (Å²) in [6, 6.07) is 19.7. The van der Waals surface area contributed by atoms with Gasteiger partial charge in [-0.15, -0.1) is 0 Å². The van der Waals surface area contributed by atoms with Crippen LogP contribution in [-0.4, -0.2) is 91.8 Å². The number of imidazole rings is 1. The molecule has 1 atom stereocenters. The smallest absolute Gasteiger partial charge is 0.329 e. The number of aryl methyl sites for hydroxylation is 1. The first-order valence-corrected chi connectivity index (χ1v) is 19.9. The van der Waals surface area contributed by atoms with E-state index in [1.165, 1.54) is 10.3 Å². The fourth-order valence-corrected chi connectivity index (χ4v) is 8.98. The van der Waals surface area contributed by atoms with Crippen LogP contribution in [-0.2, 0) is 16.6 Å². The highest BCUT2D eigenvalue weighted by atomic mass is 16.3. The van der Waals surface area contributed by atoms with Crippen LogP contribution in [0.2, 0.25) is 0 Å². The van der Waals surface area contributed by atoms with Gasteiger partial charge in [-0.3, -0.25) is 34.0 Å². The van der Waals surface area contributed by atoms with E-state index in [9.17, 15) is 14.4 Å². The van der Waals surface area contributed by atoms with Crippen molar-refractivity contribution in [2.45, 2.75) is 31.7 Å². The van der Waals surface area contributed by atoms with Gasteiger partial charge in [0.15, 0.2) is 0 Å². The molecule has 7 aromatic rings. The largest absolute Gasteiger partial charge is 0.456 e. The van der Waals surface area contributed by atoms with Crippen molar-refractivity contribution >= 4 is 73.5 Å². The average Bonchev–Trinajstić information content (AvgIpc) is 3.94. The molecule has 3 aliphatic heterocycles. The van der Waals surface area contributed by atoms with Crippen molar-refractivity contribution in [1.29, 1.82) is 0 Å². The first-order valence-electron chi connectivity index (χ1n) is 19.9. The SMILES string of the molecule is Cn1c(=O)n(C2CCC(=O)NC2=O)c2ccc(N3CCC(CN4CCN(c5ccc6oc(-c7cc(Nc8ccnc(N)n8)cc8cn[nH]c78)cc6c5)CC4)CC3)cc21. The van der Waals surface area contributed by atoms with Crippen molar-refractivity contribution in [2.75, 3.05) is 66.7 Å². The molecule has 1 unspecified atom stereocenters. The molecule has 5 N–H and O–H groups in total. The molecule has 0 saturated carbocycles. The zero-order valence-electron chi connectivity index (χ0n) is 32.1. The van der Waals surface area contributed by atoms with E-state index in [1.54, 1.807) is 30.1 Å². The molecule has 10 rings (SSSR count). The second-order valence-electron chi connectivity index (χ2n) is 15.7. The molecule has 3 fully saturated rings. The lowest BCUT2D eigenvalue weighted by molar-refractivity contribution is -0.135. The van der Waals surface area contributed by atoms with Crippen molar-refractivity contribution in [2.24, 2.45) is 13.0 Å². The number of aromatic amines is 1. The number of piperidine rings is 2. The van der Waals surface area contributed by atoms with E-state index >= 15 is 0 Å². The number of carbonyl (C=O) groups is 2. The van der Waals surface area contributed by atoms with E-state index < -0.39 is 11.9 Å². The number of hydrogen-bond acceptors (Lipinski definition) is 12. The van der Waals surface area contributed by atoms with Crippen LogP contribution in [0.4, 0.5) is 28.8 Å². The number of benzene rings is 3. The van der Waals surface area contributed by atoms with Gasteiger partial charge in [0.25, 0.3) is 0 Å². The topological polar surface area (TPSA) is 188 Å². The molecule has 4 aromatic heterocycles. The number of carbonyl (C=O) groups excluding carboxylic acids is 2. The van der Waals surface area contributed by atoms with Gasteiger partial charge in [-0.1, -0.05) is 0 Å². The molecule has 2 amide bonds. The quantitative estimate of drug-likeness (QED) is 0.155. The third-order valence-corrected chi connectivity index (χ3v) is 12.1. The van der Waals surface area contributed by atoms with E-state index in [0.717, 1.165) is 109 Å². The minimum Gasteiger partial charge on any atom is -0.456 e. The van der Waals surface area contributed by atoms with Crippen molar-refractivity contribution in [3.63, 3.8) is 0 Å². The second-order valence-corrected chi connectivity index (χ2v) is 15.7. The van der Waals surface area contributed by atoms with Crippen LogP contribution in [0.5, 0.6) is 0 Å². The number of nitrogens with zero attached hydrogens (tertiary/aromatic N) is 8. The Labute approximate surface area is 332 Å². The summed E-state index contributed by atoms with van der Waals surface area (Å²) in [6.07, 6.45) is 6.17. The average molecular weight is 781 g/mol. The maximum Gasteiger partial charge on any atom is 0.329 e. The highest BCUT2D eigenvalue weighted by Crippen LogP contribution is 2.37. The Morgan fingerprint density at radius 2 is 1.66 bits per heavy atom. The summed E-state index contributed by atoms with van der Waals surface area (Å²) in [5.74, 6) is 1.47. The molecular formula is C42H44N12O4. The molecule has 3 aromatic carbocycles. The molecule has 58 heavy (non-hydrogen) atoms. The number of fused-ring (bicyclic) bond motifs is 3. The maximum atomic E-state index is 13.3. The Bertz CT molecular complexity index is 2770. The van der Waals surface area contributed by atoms with Gasteiger partial charge >= 0.3 is 5.69 Å². The monoisotopic (exact) mass is 780 g/mol. The normalized spacial score (nSPS) is 18.5.